The van der Waals surface area contributed by atoms with Gasteiger partial charge in [-0.15, -0.1) is 0 Å². The second-order valence-corrected chi connectivity index (χ2v) is 4.30. The van der Waals surface area contributed by atoms with E-state index < -0.39 is 6.17 Å². The molecule has 2 atom stereocenters. The van der Waals surface area contributed by atoms with Crippen molar-refractivity contribution in [2.45, 2.75) is 25.1 Å². The first-order valence-corrected chi connectivity index (χ1v) is 5.54. The third-order valence-electron chi connectivity index (χ3n) is 3.08. The summed E-state index contributed by atoms with van der Waals surface area (Å²) in [4.78, 5) is 2.02. The van der Waals surface area contributed by atoms with Crippen LogP contribution in [0.4, 0.5) is 4.39 Å². The third kappa shape index (κ3) is 2.77. The first kappa shape index (κ1) is 11.0. The number of aliphatic hydroxyl groups is 1. The zero-order valence-electron chi connectivity index (χ0n) is 8.86. The largest absolute Gasteiger partial charge is 0.395 e. The van der Waals surface area contributed by atoms with Crippen LogP contribution >= 0.6 is 0 Å². The standard InChI is InChI=1S/C11H18FNO2/c12-10-4-11(7-14)13(6-10)5-9-2-1-3-15-8-9/h2,10-11,14H,1,3-8H2/t10-,11-/m0/s1. The highest BCUT2D eigenvalue weighted by Crippen LogP contribution is 2.21. The lowest BCUT2D eigenvalue weighted by Gasteiger charge is -2.25. The van der Waals surface area contributed by atoms with Crippen LogP contribution in [0, 0.1) is 0 Å². The van der Waals surface area contributed by atoms with Crippen LogP contribution < -0.4 is 0 Å². The molecule has 0 aromatic carbocycles. The Bertz CT molecular complexity index is 245. The summed E-state index contributed by atoms with van der Waals surface area (Å²) in [6, 6.07) is -0.0113. The SMILES string of the molecule is OC[C@@H]1C[C@H](F)CN1CC1=CCCOC1. The van der Waals surface area contributed by atoms with Crippen molar-refractivity contribution < 1.29 is 14.2 Å². The molecular weight excluding hydrogens is 197 g/mol. The molecule has 0 aliphatic carbocycles. The molecule has 0 saturated carbocycles. The predicted octanol–water partition coefficient (Wildman–Crippen LogP) is 0.738. The summed E-state index contributed by atoms with van der Waals surface area (Å²) in [5.41, 5.74) is 1.22. The van der Waals surface area contributed by atoms with Gasteiger partial charge < -0.3 is 9.84 Å². The van der Waals surface area contributed by atoms with Crippen molar-refractivity contribution in [1.29, 1.82) is 0 Å². The Hall–Kier alpha value is -0.450. The Balaban J connectivity index is 1.90. The normalized spacial score (nSPS) is 33.1. The summed E-state index contributed by atoms with van der Waals surface area (Å²) in [5.74, 6) is 0. The smallest absolute Gasteiger partial charge is 0.114 e. The van der Waals surface area contributed by atoms with E-state index in [1.165, 1.54) is 5.57 Å². The van der Waals surface area contributed by atoms with E-state index in [-0.39, 0.29) is 12.6 Å². The van der Waals surface area contributed by atoms with E-state index in [4.69, 9.17) is 9.84 Å². The zero-order valence-corrected chi connectivity index (χ0v) is 8.86. The van der Waals surface area contributed by atoms with Crippen molar-refractivity contribution in [3.05, 3.63) is 11.6 Å². The van der Waals surface area contributed by atoms with Gasteiger partial charge in [-0.25, -0.2) is 4.39 Å². The Morgan fingerprint density at radius 1 is 1.60 bits per heavy atom. The maximum Gasteiger partial charge on any atom is 0.114 e. The van der Waals surface area contributed by atoms with Gasteiger partial charge in [0.15, 0.2) is 0 Å². The first-order chi connectivity index (χ1) is 7.29. The van der Waals surface area contributed by atoms with E-state index in [9.17, 15) is 4.39 Å². The number of nitrogens with zero attached hydrogens (tertiary/aromatic N) is 1. The van der Waals surface area contributed by atoms with Gasteiger partial charge in [-0.05, 0) is 18.4 Å². The van der Waals surface area contributed by atoms with Crippen molar-refractivity contribution in [3.63, 3.8) is 0 Å². The lowest BCUT2D eigenvalue weighted by Crippen LogP contribution is -2.35. The number of ether oxygens (including phenoxy) is 1. The molecule has 2 aliphatic rings. The van der Waals surface area contributed by atoms with E-state index in [1.807, 2.05) is 4.90 Å². The summed E-state index contributed by atoms with van der Waals surface area (Å²) >= 11 is 0. The number of aliphatic hydroxyl groups excluding tert-OH is 1. The van der Waals surface area contributed by atoms with Crippen LogP contribution in [-0.2, 0) is 4.74 Å². The number of likely N-dealkylation sites (tertiary alicyclic amines) is 1. The van der Waals surface area contributed by atoms with Crippen molar-refractivity contribution in [1.82, 2.24) is 4.90 Å². The fraction of sp³-hybridized carbons (Fsp3) is 0.818. The Labute approximate surface area is 89.5 Å². The molecule has 2 heterocycles. The Morgan fingerprint density at radius 3 is 3.13 bits per heavy atom. The summed E-state index contributed by atoms with van der Waals surface area (Å²) < 4.78 is 18.5. The monoisotopic (exact) mass is 215 g/mol. The van der Waals surface area contributed by atoms with Crippen molar-refractivity contribution in [2.24, 2.45) is 0 Å². The second kappa shape index (κ2) is 5.05. The van der Waals surface area contributed by atoms with E-state index >= 15 is 0 Å². The molecule has 2 rings (SSSR count). The fourth-order valence-corrected chi connectivity index (χ4v) is 2.29. The fourth-order valence-electron chi connectivity index (χ4n) is 2.29. The molecule has 0 amide bonds. The van der Waals surface area contributed by atoms with Gasteiger partial charge in [0.1, 0.15) is 6.17 Å². The summed E-state index contributed by atoms with van der Waals surface area (Å²) in [5, 5.41) is 9.12. The average Bonchev–Trinajstić information content (AvgIpc) is 2.60. The second-order valence-electron chi connectivity index (χ2n) is 4.30. The minimum atomic E-state index is -0.785. The molecule has 4 heteroatoms. The van der Waals surface area contributed by atoms with Gasteiger partial charge in [0, 0.05) is 19.1 Å². The summed E-state index contributed by atoms with van der Waals surface area (Å²) in [6.45, 7) is 2.69. The number of rotatable bonds is 3. The van der Waals surface area contributed by atoms with Gasteiger partial charge in [0.2, 0.25) is 0 Å². The highest BCUT2D eigenvalue weighted by atomic mass is 19.1. The van der Waals surface area contributed by atoms with Crippen LogP contribution in [0.5, 0.6) is 0 Å². The number of halogens is 1. The summed E-state index contributed by atoms with van der Waals surface area (Å²) in [7, 11) is 0. The minimum Gasteiger partial charge on any atom is -0.395 e. The molecular formula is C11H18FNO2. The van der Waals surface area contributed by atoms with Gasteiger partial charge in [-0.1, -0.05) is 6.08 Å². The Kier molecular flexibility index (Phi) is 3.72. The molecule has 3 nitrogen and oxygen atoms in total. The van der Waals surface area contributed by atoms with Gasteiger partial charge >= 0.3 is 0 Å². The molecule has 86 valence electrons. The van der Waals surface area contributed by atoms with E-state index in [0.717, 1.165) is 19.6 Å². The van der Waals surface area contributed by atoms with Crippen LogP contribution in [0.1, 0.15) is 12.8 Å². The lowest BCUT2D eigenvalue weighted by molar-refractivity contribution is 0.130. The highest BCUT2D eigenvalue weighted by molar-refractivity contribution is 5.08. The first-order valence-electron chi connectivity index (χ1n) is 5.54. The number of hydrogen-bond acceptors (Lipinski definition) is 3. The molecule has 0 radical (unpaired) electrons. The molecule has 0 unspecified atom stereocenters. The minimum absolute atomic E-state index is 0.0113. The molecule has 15 heavy (non-hydrogen) atoms. The van der Waals surface area contributed by atoms with E-state index in [0.29, 0.717) is 19.6 Å². The van der Waals surface area contributed by atoms with E-state index in [1.54, 1.807) is 0 Å². The predicted molar refractivity (Wildman–Crippen MR) is 55.5 cm³/mol. The molecule has 1 saturated heterocycles. The van der Waals surface area contributed by atoms with Crippen molar-refractivity contribution in [3.8, 4) is 0 Å². The number of hydrogen-bond donors (Lipinski definition) is 1. The molecule has 2 aliphatic heterocycles. The highest BCUT2D eigenvalue weighted by Gasteiger charge is 2.31. The Morgan fingerprint density at radius 2 is 2.47 bits per heavy atom. The van der Waals surface area contributed by atoms with Gasteiger partial charge in [-0.2, -0.15) is 0 Å². The topological polar surface area (TPSA) is 32.7 Å². The summed E-state index contributed by atoms with van der Waals surface area (Å²) in [6.07, 6.45) is 2.80. The van der Waals surface area contributed by atoms with Gasteiger partial charge in [-0.3, -0.25) is 4.90 Å². The van der Waals surface area contributed by atoms with Crippen LogP contribution in [0.25, 0.3) is 0 Å². The lowest BCUT2D eigenvalue weighted by atomic mass is 10.1. The van der Waals surface area contributed by atoms with Gasteiger partial charge in [0.05, 0.1) is 19.8 Å². The zero-order chi connectivity index (χ0) is 10.7. The maximum absolute atomic E-state index is 13.2. The van der Waals surface area contributed by atoms with Gasteiger partial charge in [0.25, 0.3) is 0 Å². The van der Waals surface area contributed by atoms with Crippen molar-refractivity contribution >= 4 is 0 Å². The third-order valence-corrected chi connectivity index (χ3v) is 3.08. The quantitative estimate of drug-likeness (QED) is 0.705. The van der Waals surface area contributed by atoms with E-state index in [2.05, 4.69) is 6.08 Å². The average molecular weight is 215 g/mol. The maximum atomic E-state index is 13.2. The van der Waals surface area contributed by atoms with Crippen LogP contribution in [0.15, 0.2) is 11.6 Å². The van der Waals surface area contributed by atoms with Crippen molar-refractivity contribution in [2.75, 3.05) is 32.9 Å². The van der Waals surface area contributed by atoms with Crippen LogP contribution in [0.3, 0.4) is 0 Å². The molecule has 0 bridgehead atoms. The molecule has 1 N–H and O–H groups in total. The molecule has 0 aromatic heterocycles. The van der Waals surface area contributed by atoms with Crippen LogP contribution in [-0.4, -0.2) is 55.1 Å². The molecule has 1 fully saturated rings. The number of alkyl halides is 1. The van der Waals surface area contributed by atoms with Crippen LogP contribution in [0.2, 0.25) is 0 Å². The molecule has 0 spiro atoms. The molecule has 0 aromatic rings.